The third kappa shape index (κ3) is 5.66. The number of carbonyl (C=O) groups excluding carboxylic acids is 1. The summed E-state index contributed by atoms with van der Waals surface area (Å²) in [6.07, 6.45) is 8.90. The van der Waals surface area contributed by atoms with E-state index < -0.39 is 5.91 Å². The molecule has 1 aromatic carbocycles. The highest BCUT2D eigenvalue weighted by atomic mass is 32.1. The predicted molar refractivity (Wildman–Crippen MR) is 140 cm³/mol. The lowest BCUT2D eigenvalue weighted by Crippen LogP contribution is -2.28. The van der Waals surface area contributed by atoms with Gasteiger partial charge in [-0.3, -0.25) is 4.79 Å². The monoisotopic (exact) mass is 477 g/mol. The molecule has 0 saturated heterocycles. The van der Waals surface area contributed by atoms with Crippen molar-refractivity contribution in [3.05, 3.63) is 71.0 Å². The number of benzene rings is 1. The molecule has 1 amide bonds. The SMILES string of the molecule is CCc1cccc(CC)c1N1C=CN(CCCNc2cccc(Nc3ncc(C(N)=O)s3)n2)C1. The van der Waals surface area contributed by atoms with Crippen molar-refractivity contribution in [1.82, 2.24) is 14.9 Å². The van der Waals surface area contributed by atoms with E-state index in [-0.39, 0.29) is 0 Å². The van der Waals surface area contributed by atoms with E-state index in [0.717, 1.165) is 44.8 Å². The number of carbonyl (C=O) groups is 1. The molecule has 4 rings (SSSR count). The second kappa shape index (κ2) is 11.0. The molecule has 1 aliphatic rings. The molecule has 3 heterocycles. The Morgan fingerprint density at radius 1 is 1.09 bits per heavy atom. The topological polar surface area (TPSA) is 99.4 Å². The van der Waals surface area contributed by atoms with Crippen molar-refractivity contribution in [2.24, 2.45) is 5.73 Å². The Morgan fingerprint density at radius 3 is 2.53 bits per heavy atom. The maximum Gasteiger partial charge on any atom is 0.260 e. The Hall–Kier alpha value is -3.59. The number of aryl methyl sites for hydroxylation is 2. The first-order valence-electron chi connectivity index (χ1n) is 11.6. The fourth-order valence-corrected chi connectivity index (χ4v) is 4.67. The van der Waals surface area contributed by atoms with E-state index in [4.69, 9.17) is 5.73 Å². The van der Waals surface area contributed by atoms with Gasteiger partial charge in [0.15, 0.2) is 5.13 Å². The number of primary amides is 1. The van der Waals surface area contributed by atoms with Gasteiger partial charge in [-0.05, 0) is 42.5 Å². The molecule has 8 nitrogen and oxygen atoms in total. The van der Waals surface area contributed by atoms with Crippen molar-refractivity contribution in [3.8, 4) is 0 Å². The molecular weight excluding hydrogens is 446 g/mol. The number of hydrogen-bond donors (Lipinski definition) is 3. The van der Waals surface area contributed by atoms with Crippen LogP contribution in [0.5, 0.6) is 0 Å². The Balaban J connectivity index is 1.25. The van der Waals surface area contributed by atoms with Gasteiger partial charge >= 0.3 is 0 Å². The standard InChI is InChI=1S/C25H31N7OS/c1-3-18-8-5-9-19(4-2)23(18)32-15-14-31(17-32)13-7-12-27-21-10-6-11-22(29-21)30-25-28-16-20(34-25)24(26)33/h5-6,8-11,14-16H,3-4,7,12-13,17H2,1-2H3,(H2,26,33)(H2,27,28,29,30). The zero-order chi connectivity index (χ0) is 23.9. The van der Waals surface area contributed by atoms with E-state index in [0.29, 0.717) is 15.8 Å². The van der Waals surface area contributed by atoms with Crippen molar-refractivity contribution in [1.29, 1.82) is 0 Å². The van der Waals surface area contributed by atoms with E-state index in [1.807, 2.05) is 18.2 Å². The van der Waals surface area contributed by atoms with Crippen LogP contribution in [0.3, 0.4) is 0 Å². The van der Waals surface area contributed by atoms with Gasteiger partial charge in [0.25, 0.3) is 5.91 Å². The molecule has 0 aliphatic carbocycles. The van der Waals surface area contributed by atoms with Crippen LogP contribution in [0.2, 0.25) is 0 Å². The van der Waals surface area contributed by atoms with Crippen LogP contribution < -0.4 is 21.3 Å². The molecule has 0 unspecified atom stereocenters. The minimum Gasteiger partial charge on any atom is -0.370 e. The Labute approximate surface area is 204 Å². The van der Waals surface area contributed by atoms with Gasteiger partial charge in [0.05, 0.1) is 12.9 Å². The third-order valence-corrected chi connectivity index (χ3v) is 6.63. The molecule has 0 saturated carbocycles. The average Bonchev–Trinajstić information content (AvgIpc) is 3.51. The number of anilines is 4. The van der Waals surface area contributed by atoms with Crippen LogP contribution >= 0.6 is 11.3 Å². The van der Waals surface area contributed by atoms with Crippen LogP contribution in [0.4, 0.5) is 22.5 Å². The smallest absolute Gasteiger partial charge is 0.260 e. The predicted octanol–water partition coefficient (Wildman–Crippen LogP) is 4.56. The minimum absolute atomic E-state index is 0.412. The van der Waals surface area contributed by atoms with Gasteiger partial charge in [-0.1, -0.05) is 49.4 Å². The van der Waals surface area contributed by atoms with Crippen molar-refractivity contribution < 1.29 is 4.79 Å². The molecule has 0 fully saturated rings. The summed E-state index contributed by atoms with van der Waals surface area (Å²) in [4.78, 5) is 25.1. The van der Waals surface area contributed by atoms with Crippen LogP contribution in [0.15, 0.2) is 55.0 Å². The molecule has 0 atom stereocenters. The lowest BCUT2D eigenvalue weighted by molar-refractivity contribution is 0.100. The van der Waals surface area contributed by atoms with E-state index in [1.165, 1.54) is 34.3 Å². The first-order chi connectivity index (χ1) is 16.6. The summed E-state index contributed by atoms with van der Waals surface area (Å²) in [6, 6.07) is 12.4. The minimum atomic E-state index is -0.481. The summed E-state index contributed by atoms with van der Waals surface area (Å²) in [7, 11) is 0. The van der Waals surface area contributed by atoms with Crippen molar-refractivity contribution in [2.75, 3.05) is 35.3 Å². The van der Waals surface area contributed by atoms with E-state index in [9.17, 15) is 4.79 Å². The van der Waals surface area contributed by atoms with Gasteiger partial charge in [-0.25, -0.2) is 9.97 Å². The first kappa shape index (κ1) is 23.6. The third-order valence-electron chi connectivity index (χ3n) is 5.70. The van der Waals surface area contributed by atoms with E-state index >= 15 is 0 Å². The summed E-state index contributed by atoms with van der Waals surface area (Å²) in [6.45, 7) is 7.09. The second-order valence-electron chi connectivity index (χ2n) is 8.06. The van der Waals surface area contributed by atoms with Gasteiger partial charge in [-0.2, -0.15) is 0 Å². The Morgan fingerprint density at radius 2 is 1.82 bits per heavy atom. The van der Waals surface area contributed by atoms with Gasteiger partial charge in [-0.15, -0.1) is 0 Å². The highest BCUT2D eigenvalue weighted by Crippen LogP contribution is 2.29. The van der Waals surface area contributed by atoms with Gasteiger partial charge in [0, 0.05) is 31.2 Å². The molecule has 4 N–H and O–H groups in total. The van der Waals surface area contributed by atoms with E-state index in [1.54, 1.807) is 0 Å². The number of para-hydroxylation sites is 1. The van der Waals surface area contributed by atoms with Crippen LogP contribution in [-0.4, -0.2) is 40.5 Å². The zero-order valence-electron chi connectivity index (χ0n) is 19.6. The molecule has 0 radical (unpaired) electrons. The van der Waals surface area contributed by atoms with Gasteiger partial charge < -0.3 is 26.2 Å². The van der Waals surface area contributed by atoms with Crippen molar-refractivity contribution in [2.45, 2.75) is 33.1 Å². The zero-order valence-corrected chi connectivity index (χ0v) is 20.4. The molecule has 0 bridgehead atoms. The number of amides is 1. The fourth-order valence-electron chi connectivity index (χ4n) is 4.00. The number of nitrogens with one attached hydrogen (secondary N) is 2. The number of pyridine rings is 1. The number of rotatable bonds is 11. The molecule has 2 aromatic heterocycles. The number of nitrogens with zero attached hydrogens (tertiary/aromatic N) is 4. The molecule has 9 heteroatoms. The quantitative estimate of drug-likeness (QED) is 0.348. The van der Waals surface area contributed by atoms with Gasteiger partial charge in [0.2, 0.25) is 0 Å². The maximum atomic E-state index is 11.2. The highest BCUT2D eigenvalue weighted by Gasteiger charge is 2.18. The number of nitrogens with two attached hydrogens (primary N) is 1. The number of thiazole rings is 1. The normalized spacial score (nSPS) is 12.9. The lowest BCUT2D eigenvalue weighted by atomic mass is 10.0. The Bertz CT molecular complexity index is 1140. The molecule has 1 aliphatic heterocycles. The van der Waals surface area contributed by atoms with Crippen molar-refractivity contribution in [3.63, 3.8) is 0 Å². The second-order valence-corrected chi connectivity index (χ2v) is 9.09. The summed E-state index contributed by atoms with van der Waals surface area (Å²) < 4.78 is 0. The van der Waals surface area contributed by atoms with Crippen LogP contribution in [0.1, 0.15) is 41.1 Å². The summed E-state index contributed by atoms with van der Waals surface area (Å²) in [5.74, 6) is 0.972. The molecule has 3 aromatic rings. The average molecular weight is 478 g/mol. The summed E-state index contributed by atoms with van der Waals surface area (Å²) >= 11 is 1.21. The molecule has 34 heavy (non-hydrogen) atoms. The fraction of sp³-hybridized carbons (Fsp3) is 0.320. The van der Waals surface area contributed by atoms with Crippen LogP contribution in [-0.2, 0) is 12.8 Å². The maximum absolute atomic E-state index is 11.2. The number of aromatic nitrogens is 2. The summed E-state index contributed by atoms with van der Waals surface area (Å²) in [5.41, 5.74) is 9.45. The lowest BCUT2D eigenvalue weighted by Gasteiger charge is -2.25. The van der Waals surface area contributed by atoms with Crippen LogP contribution in [0.25, 0.3) is 0 Å². The largest absolute Gasteiger partial charge is 0.370 e. The molecule has 0 spiro atoms. The van der Waals surface area contributed by atoms with Gasteiger partial charge in [0.1, 0.15) is 16.5 Å². The first-order valence-corrected chi connectivity index (χ1v) is 12.4. The van der Waals surface area contributed by atoms with Crippen LogP contribution in [0, 0.1) is 0 Å². The summed E-state index contributed by atoms with van der Waals surface area (Å²) in [5, 5.41) is 7.09. The highest BCUT2D eigenvalue weighted by molar-refractivity contribution is 7.17. The molecular formula is C25H31N7OS. The molecule has 178 valence electrons. The van der Waals surface area contributed by atoms with Crippen molar-refractivity contribution >= 4 is 39.7 Å². The van der Waals surface area contributed by atoms with E-state index in [2.05, 4.69) is 74.8 Å². The number of hydrogen-bond acceptors (Lipinski definition) is 8. The Kier molecular flexibility index (Phi) is 7.64.